The first-order chi connectivity index (χ1) is 9.79. The molecule has 3 N–H and O–H groups in total. The Labute approximate surface area is 120 Å². The summed E-state index contributed by atoms with van der Waals surface area (Å²) in [7, 11) is 0.543. The van der Waals surface area contributed by atoms with E-state index in [1.165, 1.54) is 0 Å². The molecule has 0 radical (unpaired) electrons. The van der Waals surface area contributed by atoms with Crippen LogP contribution < -0.4 is 16.4 Å². The quantitative estimate of drug-likeness (QED) is 0.594. The monoisotopic (exact) mass is 290 g/mol. The molecule has 2 aromatic rings. The van der Waals surface area contributed by atoms with Crippen LogP contribution in [0.4, 0.5) is 11.8 Å². The highest BCUT2D eigenvalue weighted by Gasteiger charge is 2.06. The van der Waals surface area contributed by atoms with Gasteiger partial charge in [-0.3, -0.25) is 9.97 Å². The fraction of sp³-hybridized carbons (Fsp3) is 0.385. The second kappa shape index (κ2) is 7.70. The zero-order chi connectivity index (χ0) is 14.2. The van der Waals surface area contributed by atoms with Crippen LogP contribution in [-0.2, 0) is 6.16 Å². The largest absolute Gasteiger partial charge is 0.369 e. The third-order valence-electron chi connectivity index (χ3n) is 2.71. The van der Waals surface area contributed by atoms with E-state index in [0.717, 1.165) is 42.4 Å². The Hall–Kier alpha value is -1.81. The van der Waals surface area contributed by atoms with E-state index in [1.54, 1.807) is 24.8 Å². The SMILES string of the molecule is CCCCNc1nc(N)ncc1PCc1cnccn1. The molecular formula is C13H19N6P. The van der Waals surface area contributed by atoms with Crippen molar-refractivity contribution in [2.24, 2.45) is 0 Å². The number of nitrogens with zero attached hydrogens (tertiary/aromatic N) is 4. The van der Waals surface area contributed by atoms with Gasteiger partial charge in [0.1, 0.15) is 5.82 Å². The fourth-order valence-corrected chi connectivity index (χ4v) is 2.67. The highest BCUT2D eigenvalue weighted by molar-refractivity contribution is 7.46. The Morgan fingerprint density at radius 3 is 2.90 bits per heavy atom. The lowest BCUT2D eigenvalue weighted by atomic mass is 10.3. The minimum atomic E-state index is 0.303. The van der Waals surface area contributed by atoms with Crippen LogP contribution in [0.1, 0.15) is 25.5 Å². The maximum absolute atomic E-state index is 5.66. The zero-order valence-electron chi connectivity index (χ0n) is 11.5. The molecule has 6 nitrogen and oxygen atoms in total. The van der Waals surface area contributed by atoms with Gasteiger partial charge in [-0.1, -0.05) is 21.9 Å². The van der Waals surface area contributed by atoms with E-state index < -0.39 is 0 Å². The highest BCUT2D eigenvalue weighted by Crippen LogP contribution is 2.20. The summed E-state index contributed by atoms with van der Waals surface area (Å²) in [5.74, 6) is 1.14. The van der Waals surface area contributed by atoms with E-state index in [0.29, 0.717) is 14.5 Å². The van der Waals surface area contributed by atoms with Crippen molar-refractivity contribution < 1.29 is 0 Å². The molecular weight excluding hydrogens is 271 g/mol. The number of hydrogen-bond acceptors (Lipinski definition) is 6. The molecule has 7 heteroatoms. The van der Waals surface area contributed by atoms with Gasteiger partial charge in [-0.15, -0.1) is 0 Å². The van der Waals surface area contributed by atoms with E-state index in [4.69, 9.17) is 5.73 Å². The number of rotatable bonds is 7. The van der Waals surface area contributed by atoms with E-state index in [2.05, 4.69) is 32.2 Å². The molecule has 0 spiro atoms. The molecule has 0 bridgehead atoms. The highest BCUT2D eigenvalue weighted by atomic mass is 31.1. The lowest BCUT2D eigenvalue weighted by Crippen LogP contribution is -2.14. The van der Waals surface area contributed by atoms with Gasteiger partial charge in [-0.05, 0) is 6.42 Å². The van der Waals surface area contributed by atoms with Gasteiger partial charge >= 0.3 is 0 Å². The number of anilines is 2. The number of hydrogen-bond donors (Lipinski definition) is 2. The van der Waals surface area contributed by atoms with Gasteiger partial charge in [0.05, 0.1) is 5.69 Å². The van der Waals surface area contributed by atoms with Crippen LogP contribution in [0.5, 0.6) is 0 Å². The van der Waals surface area contributed by atoms with Crippen LogP contribution in [0.3, 0.4) is 0 Å². The molecule has 20 heavy (non-hydrogen) atoms. The summed E-state index contributed by atoms with van der Waals surface area (Å²) in [5, 5.41) is 4.42. The normalized spacial score (nSPS) is 11.1. The Morgan fingerprint density at radius 2 is 2.15 bits per heavy atom. The zero-order valence-corrected chi connectivity index (χ0v) is 12.5. The maximum Gasteiger partial charge on any atom is 0.221 e. The van der Waals surface area contributed by atoms with Crippen LogP contribution >= 0.6 is 8.58 Å². The Morgan fingerprint density at radius 1 is 1.25 bits per heavy atom. The van der Waals surface area contributed by atoms with E-state index >= 15 is 0 Å². The summed E-state index contributed by atoms with van der Waals surface area (Å²) in [5.41, 5.74) is 6.63. The van der Waals surface area contributed by atoms with E-state index in [-0.39, 0.29) is 0 Å². The van der Waals surface area contributed by atoms with E-state index in [9.17, 15) is 0 Å². The summed E-state index contributed by atoms with van der Waals surface area (Å²) in [4.78, 5) is 16.7. The molecule has 0 saturated heterocycles. The summed E-state index contributed by atoms with van der Waals surface area (Å²) in [6.45, 7) is 3.06. The van der Waals surface area contributed by atoms with E-state index in [1.807, 2.05) is 0 Å². The minimum Gasteiger partial charge on any atom is -0.369 e. The molecule has 0 aliphatic heterocycles. The molecule has 1 atom stereocenters. The predicted molar refractivity (Wildman–Crippen MR) is 83.5 cm³/mol. The van der Waals surface area contributed by atoms with Crippen molar-refractivity contribution in [3.05, 3.63) is 30.5 Å². The van der Waals surface area contributed by atoms with Crippen LogP contribution in [0.25, 0.3) is 0 Å². The summed E-state index contributed by atoms with van der Waals surface area (Å²) >= 11 is 0. The summed E-state index contributed by atoms with van der Waals surface area (Å²) in [6.07, 6.45) is 10.1. The number of nitrogen functional groups attached to an aromatic ring is 1. The first-order valence-corrected chi connectivity index (χ1v) is 7.85. The Bertz CT molecular complexity index is 534. The van der Waals surface area contributed by atoms with Crippen molar-refractivity contribution in [3.63, 3.8) is 0 Å². The summed E-state index contributed by atoms with van der Waals surface area (Å²) < 4.78 is 0. The Balaban J connectivity index is 2.02. The molecule has 0 fully saturated rings. The van der Waals surface area contributed by atoms with Crippen molar-refractivity contribution in [2.75, 3.05) is 17.6 Å². The number of nitrogens with one attached hydrogen (secondary N) is 1. The average molecular weight is 290 g/mol. The van der Waals surface area contributed by atoms with Crippen molar-refractivity contribution in [1.82, 2.24) is 19.9 Å². The third-order valence-corrected chi connectivity index (χ3v) is 3.99. The van der Waals surface area contributed by atoms with Crippen molar-refractivity contribution >= 4 is 25.7 Å². The molecule has 0 aromatic carbocycles. The van der Waals surface area contributed by atoms with Crippen LogP contribution in [0, 0.1) is 0 Å². The molecule has 2 aromatic heterocycles. The number of unbranched alkanes of at least 4 members (excludes halogenated alkanes) is 1. The second-order valence-corrected chi connectivity index (χ2v) is 5.57. The van der Waals surface area contributed by atoms with Crippen LogP contribution in [0.15, 0.2) is 24.8 Å². The van der Waals surface area contributed by atoms with Crippen molar-refractivity contribution in [3.8, 4) is 0 Å². The molecule has 2 heterocycles. The topological polar surface area (TPSA) is 89.6 Å². The molecule has 2 rings (SSSR count). The molecule has 0 aliphatic rings. The molecule has 0 saturated carbocycles. The molecule has 1 unspecified atom stereocenters. The van der Waals surface area contributed by atoms with Crippen molar-refractivity contribution in [1.29, 1.82) is 0 Å². The summed E-state index contributed by atoms with van der Waals surface area (Å²) in [6, 6.07) is 0. The lowest BCUT2D eigenvalue weighted by molar-refractivity contribution is 0.831. The first kappa shape index (κ1) is 14.6. The first-order valence-electron chi connectivity index (χ1n) is 6.64. The molecule has 0 aliphatic carbocycles. The van der Waals surface area contributed by atoms with Gasteiger partial charge in [0.15, 0.2) is 0 Å². The minimum absolute atomic E-state index is 0.303. The van der Waals surface area contributed by atoms with Crippen molar-refractivity contribution in [2.45, 2.75) is 25.9 Å². The van der Waals surface area contributed by atoms with Gasteiger partial charge in [-0.2, -0.15) is 4.98 Å². The lowest BCUT2D eigenvalue weighted by Gasteiger charge is -2.10. The number of aromatic nitrogens is 4. The van der Waals surface area contributed by atoms with Gasteiger partial charge in [-0.25, -0.2) is 4.98 Å². The maximum atomic E-state index is 5.66. The fourth-order valence-electron chi connectivity index (χ4n) is 1.65. The standard InChI is InChI=1S/C13H19N6P/c1-2-3-4-17-12-11(8-18-13(14)19-12)20-9-10-7-15-5-6-16-10/h5-8,20H,2-4,9H2,1H3,(H3,14,17,18,19). The molecule has 106 valence electrons. The smallest absolute Gasteiger partial charge is 0.221 e. The second-order valence-electron chi connectivity index (χ2n) is 4.32. The number of nitrogens with two attached hydrogens (primary N) is 1. The molecule has 0 amide bonds. The van der Waals surface area contributed by atoms with Gasteiger partial charge < -0.3 is 11.1 Å². The Kier molecular flexibility index (Phi) is 5.62. The third kappa shape index (κ3) is 4.38. The van der Waals surface area contributed by atoms with Gasteiger partial charge in [0.2, 0.25) is 5.95 Å². The van der Waals surface area contributed by atoms with Crippen LogP contribution in [-0.4, -0.2) is 26.5 Å². The predicted octanol–water partition coefficient (Wildman–Crippen LogP) is 1.56. The average Bonchev–Trinajstić information content (AvgIpc) is 2.48. The van der Waals surface area contributed by atoms with Gasteiger partial charge in [0.25, 0.3) is 0 Å². The van der Waals surface area contributed by atoms with Gasteiger partial charge in [0, 0.05) is 42.8 Å². The van der Waals surface area contributed by atoms with Crippen LogP contribution in [0.2, 0.25) is 0 Å².